The third-order valence-electron chi connectivity index (χ3n) is 3.72. The Balaban J connectivity index is 2.01. The third-order valence-corrected chi connectivity index (χ3v) is 3.72. The average Bonchev–Trinajstić information content (AvgIpc) is 2.88. The molecule has 2 aromatic rings. The summed E-state index contributed by atoms with van der Waals surface area (Å²) in [6, 6.07) is 8.05. The van der Waals surface area contributed by atoms with Crippen LogP contribution in [-0.2, 0) is 0 Å². The Morgan fingerprint density at radius 3 is 2.67 bits per heavy atom. The van der Waals surface area contributed by atoms with Crippen LogP contribution in [-0.4, -0.2) is 35.6 Å². The zero-order chi connectivity index (χ0) is 17.5. The van der Waals surface area contributed by atoms with E-state index in [4.69, 9.17) is 9.26 Å². The lowest BCUT2D eigenvalue weighted by Gasteiger charge is -2.16. The maximum atomic E-state index is 9.97. The normalized spacial score (nSPS) is 12.9. The van der Waals surface area contributed by atoms with Crippen molar-refractivity contribution in [3.8, 4) is 5.75 Å². The molecule has 0 aliphatic carbocycles. The maximum Gasteiger partial charge on any atom is 0.162 e. The van der Waals surface area contributed by atoms with Crippen molar-refractivity contribution in [2.75, 3.05) is 13.2 Å². The SMILES string of the molecule is Cc1noc(C=Cc2ccccc2OCC(O)CNC(C)C)c1C. The van der Waals surface area contributed by atoms with Crippen molar-refractivity contribution in [3.63, 3.8) is 0 Å². The Kier molecular flexibility index (Phi) is 6.58. The Hall–Kier alpha value is -2.11. The molecule has 0 bridgehead atoms. The van der Waals surface area contributed by atoms with Gasteiger partial charge >= 0.3 is 0 Å². The summed E-state index contributed by atoms with van der Waals surface area (Å²) >= 11 is 0. The van der Waals surface area contributed by atoms with Crippen LogP contribution in [0.1, 0.15) is 36.4 Å². The molecule has 130 valence electrons. The number of benzene rings is 1. The van der Waals surface area contributed by atoms with Gasteiger partial charge in [0.1, 0.15) is 18.5 Å². The molecule has 0 aliphatic heterocycles. The van der Waals surface area contributed by atoms with Gasteiger partial charge in [-0.1, -0.05) is 37.2 Å². The molecule has 1 unspecified atom stereocenters. The quantitative estimate of drug-likeness (QED) is 0.778. The van der Waals surface area contributed by atoms with Crippen molar-refractivity contribution in [2.45, 2.75) is 39.8 Å². The van der Waals surface area contributed by atoms with E-state index in [2.05, 4.69) is 10.5 Å². The predicted molar refractivity (Wildman–Crippen MR) is 96.0 cm³/mol. The molecule has 0 saturated carbocycles. The lowest BCUT2D eigenvalue weighted by Crippen LogP contribution is -2.35. The summed E-state index contributed by atoms with van der Waals surface area (Å²) < 4.78 is 11.1. The van der Waals surface area contributed by atoms with Gasteiger partial charge in [-0.25, -0.2) is 0 Å². The molecule has 5 nitrogen and oxygen atoms in total. The fraction of sp³-hybridized carbons (Fsp3) is 0.421. The van der Waals surface area contributed by atoms with Gasteiger partial charge in [0.05, 0.1) is 5.69 Å². The van der Waals surface area contributed by atoms with Crippen LogP contribution in [0.4, 0.5) is 0 Å². The third kappa shape index (κ3) is 5.22. The second kappa shape index (κ2) is 8.66. The minimum absolute atomic E-state index is 0.241. The minimum atomic E-state index is -0.552. The average molecular weight is 330 g/mol. The van der Waals surface area contributed by atoms with Crippen molar-refractivity contribution < 1.29 is 14.4 Å². The van der Waals surface area contributed by atoms with Crippen LogP contribution in [0.2, 0.25) is 0 Å². The molecule has 0 radical (unpaired) electrons. The Labute approximate surface area is 143 Å². The van der Waals surface area contributed by atoms with Gasteiger partial charge in [0.2, 0.25) is 0 Å². The van der Waals surface area contributed by atoms with E-state index in [9.17, 15) is 5.11 Å². The van der Waals surface area contributed by atoms with E-state index in [1.54, 1.807) is 0 Å². The lowest BCUT2D eigenvalue weighted by molar-refractivity contribution is 0.104. The second-order valence-electron chi connectivity index (χ2n) is 6.16. The first-order valence-corrected chi connectivity index (χ1v) is 8.21. The molecule has 0 spiro atoms. The minimum Gasteiger partial charge on any atom is -0.490 e. The van der Waals surface area contributed by atoms with Gasteiger partial charge in [-0.05, 0) is 32.1 Å². The number of aryl methyl sites for hydroxylation is 1. The van der Waals surface area contributed by atoms with Gasteiger partial charge in [0, 0.05) is 23.7 Å². The molecule has 1 atom stereocenters. The number of hydrogen-bond donors (Lipinski definition) is 2. The van der Waals surface area contributed by atoms with Gasteiger partial charge in [0.25, 0.3) is 0 Å². The summed E-state index contributed by atoms with van der Waals surface area (Å²) in [7, 11) is 0. The first-order chi connectivity index (χ1) is 11.5. The molecule has 5 heteroatoms. The highest BCUT2D eigenvalue weighted by molar-refractivity contribution is 5.71. The van der Waals surface area contributed by atoms with Gasteiger partial charge in [0.15, 0.2) is 5.76 Å². The van der Waals surface area contributed by atoms with Gasteiger partial charge in [-0.15, -0.1) is 0 Å². The van der Waals surface area contributed by atoms with E-state index >= 15 is 0 Å². The molecule has 2 N–H and O–H groups in total. The predicted octanol–water partition coefficient (Wildman–Crippen LogP) is 3.20. The largest absolute Gasteiger partial charge is 0.490 e. The fourth-order valence-corrected chi connectivity index (χ4v) is 2.12. The zero-order valence-corrected chi connectivity index (χ0v) is 14.7. The number of para-hydroxylation sites is 1. The topological polar surface area (TPSA) is 67.5 Å². The van der Waals surface area contributed by atoms with Gasteiger partial charge in [-0.2, -0.15) is 0 Å². The second-order valence-corrected chi connectivity index (χ2v) is 6.16. The van der Waals surface area contributed by atoms with Crippen LogP contribution >= 0.6 is 0 Å². The first kappa shape index (κ1) is 18.2. The van der Waals surface area contributed by atoms with Crippen molar-refractivity contribution in [2.24, 2.45) is 0 Å². The van der Waals surface area contributed by atoms with E-state index in [0.29, 0.717) is 12.6 Å². The lowest BCUT2D eigenvalue weighted by atomic mass is 10.1. The standard InChI is InChI=1S/C19H26N2O3/c1-13(2)20-11-17(22)12-23-19-8-6-5-7-16(19)9-10-18-14(3)15(4)21-24-18/h5-10,13,17,20,22H,11-12H2,1-4H3. The van der Waals surface area contributed by atoms with Crippen LogP contribution in [0.5, 0.6) is 5.75 Å². The summed E-state index contributed by atoms with van der Waals surface area (Å²) in [5.74, 6) is 1.47. The smallest absolute Gasteiger partial charge is 0.162 e. The number of aliphatic hydroxyl groups is 1. The highest BCUT2D eigenvalue weighted by Gasteiger charge is 2.08. The van der Waals surface area contributed by atoms with Crippen molar-refractivity contribution in [3.05, 3.63) is 46.8 Å². The molecular formula is C19H26N2O3. The number of rotatable bonds is 8. The molecule has 1 aromatic carbocycles. The number of ether oxygens (including phenoxy) is 1. The van der Waals surface area contributed by atoms with Gasteiger partial charge < -0.3 is 19.7 Å². The molecule has 0 fully saturated rings. The summed E-state index contributed by atoms with van der Waals surface area (Å²) in [6.45, 7) is 8.73. The monoisotopic (exact) mass is 330 g/mol. The van der Waals surface area contributed by atoms with Crippen LogP contribution in [0.25, 0.3) is 12.2 Å². The molecule has 1 heterocycles. The Bertz CT molecular complexity index is 677. The summed E-state index contributed by atoms with van der Waals surface area (Å²) in [4.78, 5) is 0. The molecule has 2 rings (SSSR count). The summed E-state index contributed by atoms with van der Waals surface area (Å²) in [5, 5.41) is 17.1. The Morgan fingerprint density at radius 2 is 2.00 bits per heavy atom. The molecular weight excluding hydrogens is 304 g/mol. The molecule has 0 amide bonds. The van der Waals surface area contributed by atoms with Crippen LogP contribution < -0.4 is 10.1 Å². The highest BCUT2D eigenvalue weighted by atomic mass is 16.5. The number of hydrogen-bond acceptors (Lipinski definition) is 5. The Morgan fingerprint density at radius 1 is 1.25 bits per heavy atom. The number of nitrogens with zero attached hydrogens (tertiary/aromatic N) is 1. The molecule has 1 aromatic heterocycles. The summed E-state index contributed by atoms with van der Waals surface area (Å²) in [6.07, 6.45) is 3.26. The molecule has 0 aliphatic rings. The first-order valence-electron chi connectivity index (χ1n) is 8.21. The fourth-order valence-electron chi connectivity index (χ4n) is 2.12. The van der Waals surface area contributed by atoms with Crippen molar-refractivity contribution >= 4 is 12.2 Å². The number of nitrogens with one attached hydrogen (secondary N) is 1. The zero-order valence-electron chi connectivity index (χ0n) is 14.7. The van der Waals surface area contributed by atoms with Crippen LogP contribution in [0.3, 0.4) is 0 Å². The van der Waals surface area contributed by atoms with Crippen LogP contribution in [0.15, 0.2) is 28.8 Å². The van der Waals surface area contributed by atoms with Gasteiger partial charge in [-0.3, -0.25) is 0 Å². The van der Waals surface area contributed by atoms with E-state index in [0.717, 1.165) is 28.3 Å². The van der Waals surface area contributed by atoms with E-state index in [1.165, 1.54) is 0 Å². The maximum absolute atomic E-state index is 9.97. The molecule has 24 heavy (non-hydrogen) atoms. The van der Waals surface area contributed by atoms with Crippen molar-refractivity contribution in [1.29, 1.82) is 0 Å². The number of aliphatic hydroxyl groups excluding tert-OH is 1. The molecule has 0 saturated heterocycles. The van der Waals surface area contributed by atoms with E-state index in [1.807, 2.05) is 64.1 Å². The summed E-state index contributed by atoms with van der Waals surface area (Å²) in [5.41, 5.74) is 2.84. The highest BCUT2D eigenvalue weighted by Crippen LogP contribution is 2.22. The number of aromatic nitrogens is 1. The van der Waals surface area contributed by atoms with E-state index in [-0.39, 0.29) is 6.61 Å². The van der Waals surface area contributed by atoms with E-state index < -0.39 is 6.10 Å². The van der Waals surface area contributed by atoms with Crippen LogP contribution in [0, 0.1) is 13.8 Å². The van der Waals surface area contributed by atoms with Crippen molar-refractivity contribution in [1.82, 2.24) is 10.5 Å².